The third-order valence-corrected chi connectivity index (χ3v) is 7.37. The van der Waals surface area contributed by atoms with Crippen molar-refractivity contribution in [1.82, 2.24) is 9.80 Å². The Labute approximate surface area is 221 Å². The zero-order valence-electron chi connectivity index (χ0n) is 22.4. The van der Waals surface area contributed by atoms with E-state index in [1.807, 2.05) is 42.2 Å². The molecule has 37 heavy (non-hydrogen) atoms. The van der Waals surface area contributed by atoms with Gasteiger partial charge in [-0.1, -0.05) is 43.3 Å². The van der Waals surface area contributed by atoms with Crippen molar-refractivity contribution in [3.8, 4) is 0 Å². The van der Waals surface area contributed by atoms with Gasteiger partial charge in [0.05, 0.1) is 19.1 Å². The minimum absolute atomic E-state index is 0.0396. The number of carbonyl (C=O) groups excluding carboxylic acids is 2. The van der Waals surface area contributed by atoms with E-state index in [9.17, 15) is 9.59 Å². The number of nitrogens with zero attached hydrogens (tertiary/aromatic N) is 3. The number of anilines is 1. The molecule has 1 atom stereocenters. The van der Waals surface area contributed by atoms with E-state index < -0.39 is 0 Å². The molecule has 1 heterocycles. The molecule has 0 aromatic heterocycles. The van der Waals surface area contributed by atoms with Crippen LogP contribution in [0.1, 0.15) is 62.3 Å². The van der Waals surface area contributed by atoms with Crippen molar-refractivity contribution in [3.63, 3.8) is 0 Å². The average Bonchev–Trinajstić information content (AvgIpc) is 2.94. The van der Waals surface area contributed by atoms with Crippen LogP contribution < -0.4 is 4.90 Å². The smallest absolute Gasteiger partial charge is 0.410 e. The quantitative estimate of drug-likeness (QED) is 0.413. The average molecular weight is 508 g/mol. The number of rotatable bonds is 10. The Kier molecular flexibility index (Phi) is 9.83. The third kappa shape index (κ3) is 7.25. The molecule has 1 fully saturated rings. The largest absolute Gasteiger partial charge is 0.466 e. The SMILES string of the molecule is CCCN(C(=O)OCc1ccccc1)C1CCCc2ccc(N3CCN(CCC(=O)OCC)CC3)cc21. The van der Waals surface area contributed by atoms with E-state index in [0.29, 0.717) is 26.2 Å². The second-order valence-electron chi connectivity index (χ2n) is 9.91. The molecule has 0 radical (unpaired) electrons. The molecule has 7 nitrogen and oxygen atoms in total. The summed E-state index contributed by atoms with van der Waals surface area (Å²) in [6.07, 6.45) is 4.18. The minimum atomic E-state index is -0.232. The molecule has 0 saturated carbocycles. The van der Waals surface area contributed by atoms with Crippen LogP contribution in [0.25, 0.3) is 0 Å². The predicted molar refractivity (Wildman–Crippen MR) is 146 cm³/mol. The number of ether oxygens (including phenoxy) is 2. The molecule has 1 aliphatic heterocycles. The van der Waals surface area contributed by atoms with E-state index in [0.717, 1.165) is 64.0 Å². The van der Waals surface area contributed by atoms with Gasteiger partial charge in [-0.3, -0.25) is 9.69 Å². The van der Waals surface area contributed by atoms with Crippen LogP contribution in [-0.2, 0) is 27.3 Å². The summed E-state index contributed by atoms with van der Waals surface area (Å²) in [6, 6.07) is 16.7. The first-order valence-electron chi connectivity index (χ1n) is 13.8. The Hall–Kier alpha value is -3.06. The van der Waals surface area contributed by atoms with Crippen molar-refractivity contribution in [2.24, 2.45) is 0 Å². The Balaban J connectivity index is 1.41. The van der Waals surface area contributed by atoms with Crippen molar-refractivity contribution in [2.45, 2.75) is 58.6 Å². The van der Waals surface area contributed by atoms with Gasteiger partial charge >= 0.3 is 12.1 Å². The number of benzene rings is 2. The summed E-state index contributed by atoms with van der Waals surface area (Å²) < 4.78 is 10.8. The molecule has 1 saturated heterocycles. The van der Waals surface area contributed by atoms with Crippen LogP contribution in [0.5, 0.6) is 0 Å². The Morgan fingerprint density at radius 3 is 2.51 bits per heavy atom. The Morgan fingerprint density at radius 2 is 1.78 bits per heavy atom. The minimum Gasteiger partial charge on any atom is -0.466 e. The third-order valence-electron chi connectivity index (χ3n) is 7.37. The molecule has 2 aromatic carbocycles. The summed E-state index contributed by atoms with van der Waals surface area (Å²) >= 11 is 0. The van der Waals surface area contributed by atoms with Gasteiger partial charge in [0.25, 0.3) is 0 Å². The van der Waals surface area contributed by atoms with E-state index in [2.05, 4.69) is 34.9 Å². The van der Waals surface area contributed by atoms with Crippen LogP contribution in [0.15, 0.2) is 48.5 Å². The lowest BCUT2D eigenvalue weighted by Crippen LogP contribution is -2.47. The number of esters is 1. The van der Waals surface area contributed by atoms with Crippen LogP contribution in [0.4, 0.5) is 10.5 Å². The van der Waals surface area contributed by atoms with Crippen LogP contribution >= 0.6 is 0 Å². The van der Waals surface area contributed by atoms with Gasteiger partial charge in [0, 0.05) is 45.0 Å². The monoisotopic (exact) mass is 507 g/mol. The molecule has 0 N–H and O–H groups in total. The van der Waals surface area contributed by atoms with Gasteiger partial charge in [-0.15, -0.1) is 0 Å². The fraction of sp³-hybridized carbons (Fsp3) is 0.533. The highest BCUT2D eigenvalue weighted by Gasteiger charge is 2.31. The summed E-state index contributed by atoms with van der Waals surface area (Å²) in [6.45, 7) is 9.80. The maximum atomic E-state index is 13.2. The first-order valence-corrected chi connectivity index (χ1v) is 13.8. The molecule has 200 valence electrons. The standard InChI is InChI=1S/C30H41N3O4/c1-3-16-33(30(35)37-23-24-9-6-5-7-10-24)28-12-8-11-25-13-14-26(22-27(25)28)32-20-18-31(19-21-32)17-15-29(34)36-4-2/h5-7,9-10,13-14,22,28H,3-4,8,11-12,15-21,23H2,1-2H3. The lowest BCUT2D eigenvalue weighted by Gasteiger charge is -2.38. The molecule has 1 amide bonds. The Bertz CT molecular complexity index is 1020. The van der Waals surface area contributed by atoms with E-state index >= 15 is 0 Å². The lowest BCUT2D eigenvalue weighted by atomic mass is 9.86. The van der Waals surface area contributed by atoms with Gasteiger partial charge in [0.15, 0.2) is 0 Å². The summed E-state index contributed by atoms with van der Waals surface area (Å²) in [5.41, 5.74) is 4.81. The van der Waals surface area contributed by atoms with E-state index in [1.165, 1.54) is 16.8 Å². The lowest BCUT2D eigenvalue weighted by molar-refractivity contribution is -0.143. The van der Waals surface area contributed by atoms with E-state index in [1.54, 1.807) is 0 Å². The van der Waals surface area contributed by atoms with Gasteiger partial charge < -0.3 is 19.3 Å². The molecular formula is C30H41N3O4. The van der Waals surface area contributed by atoms with Gasteiger partial charge in [-0.05, 0) is 61.4 Å². The zero-order valence-corrected chi connectivity index (χ0v) is 22.4. The van der Waals surface area contributed by atoms with Gasteiger partial charge in [-0.2, -0.15) is 0 Å². The summed E-state index contributed by atoms with van der Waals surface area (Å²) in [5.74, 6) is -0.121. The molecule has 0 spiro atoms. The molecule has 4 rings (SSSR count). The first-order chi connectivity index (χ1) is 18.1. The van der Waals surface area contributed by atoms with Crippen molar-refractivity contribution in [3.05, 3.63) is 65.2 Å². The number of amides is 1. The Morgan fingerprint density at radius 1 is 1.00 bits per heavy atom. The second kappa shape index (κ2) is 13.5. The van der Waals surface area contributed by atoms with Crippen LogP contribution in [0.3, 0.4) is 0 Å². The van der Waals surface area contributed by atoms with E-state index in [4.69, 9.17) is 9.47 Å². The molecular weight excluding hydrogens is 466 g/mol. The number of hydrogen-bond acceptors (Lipinski definition) is 6. The highest BCUT2D eigenvalue weighted by molar-refractivity contribution is 5.69. The second-order valence-corrected chi connectivity index (χ2v) is 9.91. The van der Waals surface area contributed by atoms with Gasteiger partial charge in [0.1, 0.15) is 6.61 Å². The topological polar surface area (TPSA) is 62.3 Å². The number of hydrogen-bond donors (Lipinski definition) is 0. The van der Waals surface area contributed by atoms with Crippen molar-refractivity contribution < 1.29 is 19.1 Å². The normalized spacial score (nSPS) is 17.7. The molecule has 0 bridgehead atoms. The van der Waals surface area contributed by atoms with E-state index in [-0.39, 0.29) is 18.1 Å². The predicted octanol–water partition coefficient (Wildman–Crippen LogP) is 5.19. The van der Waals surface area contributed by atoms with Gasteiger partial charge in [0.2, 0.25) is 0 Å². The van der Waals surface area contributed by atoms with Crippen molar-refractivity contribution >= 4 is 17.7 Å². The maximum Gasteiger partial charge on any atom is 0.410 e. The molecule has 1 unspecified atom stereocenters. The highest BCUT2D eigenvalue weighted by atomic mass is 16.6. The number of aryl methyl sites for hydroxylation is 1. The van der Waals surface area contributed by atoms with Crippen LogP contribution in [0.2, 0.25) is 0 Å². The van der Waals surface area contributed by atoms with Gasteiger partial charge in [-0.25, -0.2) is 4.79 Å². The van der Waals surface area contributed by atoms with Crippen molar-refractivity contribution in [2.75, 3.05) is 50.8 Å². The fourth-order valence-corrected chi connectivity index (χ4v) is 5.41. The van der Waals surface area contributed by atoms with Crippen LogP contribution in [-0.4, -0.2) is 67.7 Å². The molecule has 1 aliphatic carbocycles. The highest BCUT2D eigenvalue weighted by Crippen LogP contribution is 2.37. The molecule has 2 aromatic rings. The summed E-state index contributed by atoms with van der Waals surface area (Å²) in [5, 5.41) is 0. The first kappa shape index (κ1) is 27.0. The number of fused-ring (bicyclic) bond motifs is 1. The summed E-state index contributed by atoms with van der Waals surface area (Å²) in [7, 11) is 0. The van der Waals surface area contributed by atoms with Crippen LogP contribution in [0, 0.1) is 0 Å². The number of piperazine rings is 1. The fourth-order valence-electron chi connectivity index (χ4n) is 5.41. The summed E-state index contributed by atoms with van der Waals surface area (Å²) in [4.78, 5) is 31.6. The number of carbonyl (C=O) groups is 2. The van der Waals surface area contributed by atoms with Crippen molar-refractivity contribution in [1.29, 1.82) is 0 Å². The zero-order chi connectivity index (χ0) is 26.0. The molecule has 7 heteroatoms. The molecule has 2 aliphatic rings. The maximum absolute atomic E-state index is 13.2.